The van der Waals surface area contributed by atoms with Crippen molar-refractivity contribution in [3.63, 3.8) is 0 Å². The van der Waals surface area contributed by atoms with Crippen LogP contribution in [0.15, 0.2) is 34.5 Å². The third kappa shape index (κ3) is 8.52. The first kappa shape index (κ1) is 28.6. The van der Waals surface area contributed by atoms with Crippen molar-refractivity contribution >= 4 is 27.6 Å². The fraction of sp³-hybridized carbons (Fsp3) is 0.542. The molecular formula is C24H36N6O6S. The molecule has 0 saturated heterocycles. The molecule has 2 aliphatic heterocycles. The average Bonchev–Trinajstić information content (AvgIpc) is 3.26. The summed E-state index contributed by atoms with van der Waals surface area (Å²) in [6.45, 7) is 6.35. The number of nitrogens with zero attached hydrogens (tertiary/aromatic N) is 1. The molecule has 3 atom stereocenters. The number of carboxylic acids is 1. The highest BCUT2D eigenvalue weighted by Crippen LogP contribution is 2.22. The molecule has 204 valence electrons. The minimum atomic E-state index is -4.12. The summed E-state index contributed by atoms with van der Waals surface area (Å²) in [4.78, 5) is 29.6. The van der Waals surface area contributed by atoms with Gasteiger partial charge in [0.1, 0.15) is 18.4 Å². The van der Waals surface area contributed by atoms with E-state index in [4.69, 9.17) is 4.84 Å². The number of oxime groups is 1. The molecule has 6 N–H and O–H groups in total. The smallest absolute Gasteiger partial charge is 0.323 e. The fourth-order valence-corrected chi connectivity index (χ4v) is 6.04. The number of carboxylic acid groups (broad SMARTS) is 1. The predicted octanol–water partition coefficient (Wildman–Crippen LogP) is 0.354. The summed E-state index contributed by atoms with van der Waals surface area (Å²) in [5.74, 6) is -1.85. The molecule has 0 radical (unpaired) electrons. The zero-order chi connectivity index (χ0) is 27.0. The summed E-state index contributed by atoms with van der Waals surface area (Å²) >= 11 is 0. The third-order valence-corrected chi connectivity index (χ3v) is 7.78. The van der Waals surface area contributed by atoms with Crippen LogP contribution in [0.3, 0.4) is 0 Å². The maximum atomic E-state index is 12.9. The van der Waals surface area contributed by atoms with Gasteiger partial charge in [0.05, 0.1) is 17.0 Å². The minimum Gasteiger partial charge on any atom is -0.480 e. The summed E-state index contributed by atoms with van der Waals surface area (Å²) in [6.07, 6.45) is 5.91. The van der Waals surface area contributed by atoms with Gasteiger partial charge in [0.2, 0.25) is 15.9 Å². The summed E-state index contributed by atoms with van der Waals surface area (Å²) in [5.41, 5.74) is 2.50. The standard InChI is InChI=1S/C24H36N6O6S/c1-15-10-16(2)22(17(3)11-15)37(34,35)30-20(23(32)33)14-28-21(31)13-18-12-19(36-29-18)6-4-7-25-24-26-8-5-9-27-24/h5,8,10-11,19-20,24-27,30H,4,6-7,9,12-14H2,1-3H3,(H,28,31)(H,32,33). The lowest BCUT2D eigenvalue weighted by atomic mass is 10.1. The molecule has 3 unspecified atom stereocenters. The Morgan fingerprint density at radius 2 is 1.97 bits per heavy atom. The lowest BCUT2D eigenvalue weighted by Crippen LogP contribution is -2.53. The highest BCUT2D eigenvalue weighted by atomic mass is 32.2. The maximum absolute atomic E-state index is 12.9. The normalized spacial score (nSPS) is 20.0. The number of hydrogen-bond acceptors (Lipinski definition) is 9. The van der Waals surface area contributed by atoms with Gasteiger partial charge in [-0.3, -0.25) is 20.2 Å². The van der Waals surface area contributed by atoms with Gasteiger partial charge < -0.3 is 20.6 Å². The Kier molecular flexibility index (Phi) is 10.0. The largest absolute Gasteiger partial charge is 0.480 e. The number of aryl methyl sites for hydroxylation is 3. The quantitative estimate of drug-likeness (QED) is 0.195. The van der Waals surface area contributed by atoms with Crippen molar-refractivity contribution in [2.24, 2.45) is 5.16 Å². The lowest BCUT2D eigenvalue weighted by Gasteiger charge is -2.23. The molecule has 0 aliphatic carbocycles. The summed E-state index contributed by atoms with van der Waals surface area (Å²) < 4.78 is 28.0. The summed E-state index contributed by atoms with van der Waals surface area (Å²) in [7, 11) is -4.12. The Labute approximate surface area is 217 Å². The molecule has 37 heavy (non-hydrogen) atoms. The van der Waals surface area contributed by atoms with Gasteiger partial charge in [0, 0.05) is 19.5 Å². The number of carbonyl (C=O) groups excluding carboxylic acids is 1. The average molecular weight is 537 g/mol. The van der Waals surface area contributed by atoms with Crippen molar-refractivity contribution < 1.29 is 28.0 Å². The van der Waals surface area contributed by atoms with E-state index in [1.165, 1.54) is 0 Å². The first-order valence-corrected chi connectivity index (χ1v) is 13.7. The van der Waals surface area contributed by atoms with E-state index in [9.17, 15) is 23.1 Å². The molecule has 0 spiro atoms. The van der Waals surface area contributed by atoms with Crippen molar-refractivity contribution in [1.82, 2.24) is 26.0 Å². The number of nitrogens with one attached hydrogen (secondary N) is 5. The number of aliphatic carboxylic acids is 1. The first-order valence-electron chi connectivity index (χ1n) is 12.2. The van der Waals surface area contributed by atoms with Gasteiger partial charge in [-0.05, 0) is 57.5 Å². The van der Waals surface area contributed by atoms with Crippen LogP contribution in [0.5, 0.6) is 0 Å². The van der Waals surface area contributed by atoms with Crippen LogP contribution in [-0.4, -0.2) is 69.2 Å². The molecule has 2 aliphatic rings. The highest BCUT2D eigenvalue weighted by Gasteiger charge is 2.29. The van der Waals surface area contributed by atoms with Crippen LogP contribution in [0.25, 0.3) is 0 Å². The van der Waals surface area contributed by atoms with Gasteiger partial charge in [-0.1, -0.05) is 28.9 Å². The van der Waals surface area contributed by atoms with Gasteiger partial charge in [-0.25, -0.2) is 8.42 Å². The topological polar surface area (TPSA) is 170 Å². The molecule has 2 heterocycles. The van der Waals surface area contributed by atoms with E-state index in [-0.39, 0.29) is 23.7 Å². The van der Waals surface area contributed by atoms with Crippen molar-refractivity contribution in [2.45, 2.75) is 69.8 Å². The SMILES string of the molecule is Cc1cc(C)c(S(=O)(=O)NC(CNC(=O)CC2=NOC(CCCNC3NC=CCN3)C2)C(=O)O)c(C)c1. The Bertz CT molecular complexity index is 1130. The maximum Gasteiger partial charge on any atom is 0.323 e. The molecule has 13 heteroatoms. The first-order chi connectivity index (χ1) is 17.5. The number of sulfonamides is 1. The van der Waals surface area contributed by atoms with Gasteiger partial charge in [-0.2, -0.15) is 4.72 Å². The monoisotopic (exact) mass is 536 g/mol. The predicted molar refractivity (Wildman–Crippen MR) is 138 cm³/mol. The molecule has 0 fully saturated rings. The van der Waals surface area contributed by atoms with Gasteiger partial charge >= 0.3 is 5.97 Å². The van der Waals surface area contributed by atoms with E-state index in [0.717, 1.165) is 31.5 Å². The molecule has 1 aromatic carbocycles. The Hall–Kier alpha value is -3.00. The molecule has 3 rings (SSSR count). The number of hydrogen-bond donors (Lipinski definition) is 6. The molecule has 1 aromatic rings. The summed E-state index contributed by atoms with van der Waals surface area (Å²) in [5, 5.41) is 25.8. The molecular weight excluding hydrogens is 500 g/mol. The van der Waals surface area contributed by atoms with Crippen molar-refractivity contribution in [3.8, 4) is 0 Å². The van der Waals surface area contributed by atoms with Crippen LogP contribution in [0.4, 0.5) is 0 Å². The van der Waals surface area contributed by atoms with E-state index in [0.29, 0.717) is 23.3 Å². The highest BCUT2D eigenvalue weighted by molar-refractivity contribution is 7.89. The summed E-state index contributed by atoms with van der Waals surface area (Å²) in [6, 6.07) is 1.91. The van der Waals surface area contributed by atoms with Crippen molar-refractivity contribution in [3.05, 3.63) is 41.1 Å². The van der Waals surface area contributed by atoms with E-state index < -0.39 is 34.5 Å². The van der Waals surface area contributed by atoms with Crippen LogP contribution in [0.1, 0.15) is 42.4 Å². The molecule has 0 aromatic heterocycles. The van der Waals surface area contributed by atoms with Gasteiger partial charge in [0.25, 0.3) is 0 Å². The Morgan fingerprint density at radius 3 is 2.62 bits per heavy atom. The van der Waals surface area contributed by atoms with Crippen molar-refractivity contribution in [2.75, 3.05) is 19.6 Å². The van der Waals surface area contributed by atoms with Crippen LogP contribution in [0.2, 0.25) is 0 Å². The van der Waals surface area contributed by atoms with E-state index in [1.54, 1.807) is 26.0 Å². The lowest BCUT2D eigenvalue weighted by molar-refractivity contribution is -0.138. The second kappa shape index (κ2) is 13.0. The van der Waals surface area contributed by atoms with Crippen LogP contribution < -0.4 is 26.0 Å². The van der Waals surface area contributed by atoms with E-state index >= 15 is 0 Å². The van der Waals surface area contributed by atoms with Crippen LogP contribution >= 0.6 is 0 Å². The second-order valence-corrected chi connectivity index (χ2v) is 11.0. The van der Waals surface area contributed by atoms with Crippen molar-refractivity contribution in [1.29, 1.82) is 0 Å². The van der Waals surface area contributed by atoms with Gasteiger partial charge in [-0.15, -0.1) is 0 Å². The Balaban J connectivity index is 1.42. The molecule has 1 amide bonds. The molecule has 0 bridgehead atoms. The Morgan fingerprint density at radius 1 is 1.24 bits per heavy atom. The van der Waals surface area contributed by atoms with E-state index in [2.05, 4.69) is 31.1 Å². The van der Waals surface area contributed by atoms with Crippen LogP contribution in [-0.2, 0) is 24.4 Å². The number of carbonyl (C=O) groups is 2. The molecule has 0 saturated carbocycles. The zero-order valence-electron chi connectivity index (χ0n) is 21.3. The van der Waals surface area contributed by atoms with Crippen LogP contribution in [0, 0.1) is 20.8 Å². The number of amides is 1. The fourth-order valence-electron chi connectivity index (χ4n) is 4.40. The van der Waals surface area contributed by atoms with Gasteiger partial charge in [0.15, 0.2) is 0 Å². The zero-order valence-corrected chi connectivity index (χ0v) is 22.2. The number of rotatable bonds is 13. The minimum absolute atomic E-state index is 0.0362. The number of benzene rings is 1. The van der Waals surface area contributed by atoms with E-state index in [1.807, 2.05) is 19.2 Å². The molecule has 12 nitrogen and oxygen atoms in total. The second-order valence-electron chi connectivity index (χ2n) is 9.32. The third-order valence-electron chi connectivity index (χ3n) is 6.00.